The number of hydrogen-bond donors (Lipinski definition) is 0. The molecule has 0 spiro atoms. The molecule has 1 aromatic carbocycles. The van der Waals surface area contributed by atoms with Gasteiger partial charge in [-0.1, -0.05) is 231 Å². The maximum Gasteiger partial charge on any atom is 1.00 e. The van der Waals surface area contributed by atoms with Crippen molar-refractivity contribution >= 4 is 22.1 Å². The number of carbonyl (C=O) groups is 2. The molecule has 9 heteroatoms. The number of benzene rings is 1. The van der Waals surface area contributed by atoms with Crippen molar-refractivity contribution in [3.63, 3.8) is 0 Å². The van der Waals surface area contributed by atoms with Gasteiger partial charge in [0.25, 0.3) is 0 Å². The molecule has 65 heavy (non-hydrogen) atoms. The fourth-order valence-electron chi connectivity index (χ4n) is 8.33. The monoisotopic (exact) mass is 953 g/mol. The first-order chi connectivity index (χ1) is 31.3. The van der Waals surface area contributed by atoms with Gasteiger partial charge in [0.1, 0.15) is 10.1 Å². The van der Waals surface area contributed by atoms with Crippen molar-refractivity contribution < 1.29 is 83.4 Å². The first-order valence-electron chi connectivity index (χ1n) is 27.0. The van der Waals surface area contributed by atoms with E-state index in [1.165, 1.54) is 199 Å². The van der Waals surface area contributed by atoms with Gasteiger partial charge < -0.3 is 14.0 Å². The molecule has 0 aliphatic rings. The minimum absolute atomic E-state index is 0. The summed E-state index contributed by atoms with van der Waals surface area (Å²) in [6.45, 7) is 4.91. The zero-order valence-corrected chi connectivity index (χ0v) is 46.4. The molecule has 0 fully saturated rings. The second-order valence-corrected chi connectivity index (χ2v) is 19.9. The van der Waals surface area contributed by atoms with Crippen LogP contribution < -0.4 is 51.4 Å². The van der Waals surface area contributed by atoms with Crippen LogP contribution in [-0.4, -0.2) is 38.1 Å². The summed E-state index contributed by atoms with van der Waals surface area (Å²) in [5.41, 5.74) is -0.340. The van der Waals surface area contributed by atoms with Crippen LogP contribution in [-0.2, 0) is 19.6 Å². The normalized spacial score (nSPS) is 11.7. The van der Waals surface area contributed by atoms with Crippen LogP contribution in [0.5, 0.6) is 0 Å². The number of unbranched alkanes of at least 4 members (excludes halogenated alkanes) is 36. The summed E-state index contributed by atoms with van der Waals surface area (Å²) < 4.78 is 46.0. The van der Waals surface area contributed by atoms with Crippen molar-refractivity contribution in [2.45, 2.75) is 276 Å². The predicted octanol–water partition coefficient (Wildman–Crippen LogP) is 14.7. The molecule has 0 radical (unpaired) electrons. The average molecular weight is 954 g/mol. The van der Waals surface area contributed by atoms with E-state index in [0.717, 1.165) is 63.5 Å². The van der Waals surface area contributed by atoms with Gasteiger partial charge in [-0.3, -0.25) is 0 Å². The average Bonchev–Trinajstić information content (AvgIpc) is 3.28. The molecular weight excluding hydrogens is 856 g/mol. The van der Waals surface area contributed by atoms with Gasteiger partial charge in [0.05, 0.1) is 29.2 Å². The molecule has 0 aromatic heterocycles. The molecule has 1 rings (SSSR count). The Balaban J connectivity index is 0.0000410. The molecule has 0 saturated heterocycles. The fraction of sp³-hybridized carbons (Fsp3) is 0.786. The maximum absolute atomic E-state index is 13.0. The summed E-state index contributed by atoms with van der Waals surface area (Å²) in [4.78, 5) is 25.4. The van der Waals surface area contributed by atoms with Gasteiger partial charge in [0.15, 0.2) is 0 Å². The molecule has 0 N–H and O–H groups in total. The van der Waals surface area contributed by atoms with Gasteiger partial charge >= 0.3 is 63.3 Å². The van der Waals surface area contributed by atoms with Crippen molar-refractivity contribution in [3.05, 3.63) is 53.6 Å². The number of allylic oxidation sites excluding steroid dienone is 4. The first kappa shape index (κ1) is 64.2. The van der Waals surface area contributed by atoms with Gasteiger partial charge in [-0.05, 0) is 82.4 Å². The summed E-state index contributed by atoms with van der Waals surface area (Å²) in [5.74, 6) is -1.55. The third-order valence-electron chi connectivity index (χ3n) is 12.5. The molecule has 0 unspecified atom stereocenters. The zero-order valence-electron chi connectivity index (χ0n) is 42.5. The smallest absolute Gasteiger partial charge is 0.744 e. The summed E-state index contributed by atoms with van der Waals surface area (Å²) in [5, 5.41) is 0. The van der Waals surface area contributed by atoms with Gasteiger partial charge in [0, 0.05) is 0 Å². The van der Waals surface area contributed by atoms with Crippen molar-refractivity contribution in [2.75, 3.05) is 13.2 Å². The Kier molecular flexibility index (Phi) is 47.6. The van der Waals surface area contributed by atoms with Crippen LogP contribution in [0.3, 0.4) is 0 Å². The van der Waals surface area contributed by atoms with Crippen LogP contribution in [0.1, 0.15) is 291 Å². The molecule has 0 atom stereocenters. The van der Waals surface area contributed by atoms with E-state index >= 15 is 0 Å². The molecule has 0 bridgehead atoms. The summed E-state index contributed by atoms with van der Waals surface area (Å²) in [6, 6.07) is 3.15. The van der Waals surface area contributed by atoms with E-state index in [9.17, 15) is 22.6 Å². The topological polar surface area (TPSA) is 110 Å². The van der Waals surface area contributed by atoms with E-state index in [0.29, 0.717) is 12.8 Å². The minimum Gasteiger partial charge on any atom is -0.744 e. The number of carbonyl (C=O) groups excluding carboxylic acids is 2. The quantitative estimate of drug-likeness (QED) is 0.0210. The van der Waals surface area contributed by atoms with Gasteiger partial charge in [-0.2, -0.15) is 0 Å². The van der Waals surface area contributed by atoms with Crippen molar-refractivity contribution in [1.29, 1.82) is 0 Å². The molecular formula is C56H97KO7S. The maximum atomic E-state index is 13.0. The Bertz CT molecular complexity index is 1410. The summed E-state index contributed by atoms with van der Waals surface area (Å²) >= 11 is 0. The predicted molar refractivity (Wildman–Crippen MR) is 269 cm³/mol. The van der Waals surface area contributed by atoms with E-state index < -0.39 is 27.0 Å². The first-order valence-corrected chi connectivity index (χ1v) is 28.5. The number of esters is 2. The molecule has 0 amide bonds. The largest absolute Gasteiger partial charge is 1.00 e. The Labute approximate surface area is 443 Å². The number of ether oxygens (including phenoxy) is 2. The molecule has 370 valence electrons. The Morgan fingerprint density at radius 2 is 0.677 bits per heavy atom. The summed E-state index contributed by atoms with van der Waals surface area (Å²) in [7, 11) is -4.82. The number of rotatable bonds is 47. The molecule has 7 nitrogen and oxygen atoms in total. The van der Waals surface area contributed by atoms with E-state index in [1.54, 1.807) is 0 Å². The molecule has 0 aliphatic carbocycles. The fourth-order valence-corrected chi connectivity index (χ4v) is 8.83. The standard InChI is InChI=1S/C56H98O7S.K/c1-3-5-7-9-11-13-15-17-19-21-23-25-27-29-31-33-35-37-39-41-43-45-49-62-55(57)53-48-47-52(64(59,60)61)51-54(53)56(58)63-50-46-44-42-40-38-36-34-32-30-28-26-24-22-20-18-16-14-12-10-8-6-4-2;/h27-30,47-48,51H,3-26,31-46,49-50H2,1-2H3,(H,59,60,61);/q;+1/p-1/b29-27+,30-28+;. The van der Waals surface area contributed by atoms with Crippen molar-refractivity contribution in [3.8, 4) is 0 Å². The van der Waals surface area contributed by atoms with Crippen LogP contribution in [0, 0.1) is 0 Å². The van der Waals surface area contributed by atoms with E-state index in [-0.39, 0.29) is 75.7 Å². The Morgan fingerprint density at radius 3 is 0.969 bits per heavy atom. The van der Waals surface area contributed by atoms with Crippen LogP contribution in [0.4, 0.5) is 0 Å². The van der Waals surface area contributed by atoms with Crippen LogP contribution in [0.2, 0.25) is 0 Å². The summed E-state index contributed by atoms with van der Waals surface area (Å²) in [6.07, 6.45) is 59.5. The van der Waals surface area contributed by atoms with Crippen LogP contribution >= 0.6 is 0 Å². The Morgan fingerprint density at radius 1 is 0.415 bits per heavy atom. The Hall–Kier alpha value is -0.814. The van der Waals surface area contributed by atoms with E-state index in [4.69, 9.17) is 9.47 Å². The third kappa shape index (κ3) is 40.8. The SMILES string of the molecule is CCCCCCCCCCCCC/C=C/CCCCCCCCCOC(=O)c1ccc(S(=O)(=O)[O-])cc1C(=O)OCCCCCCCCC/C=C/CCCCCCCCCCCCC.[K+]. The zero-order chi connectivity index (χ0) is 46.4. The molecule has 0 heterocycles. The third-order valence-corrected chi connectivity index (χ3v) is 13.3. The van der Waals surface area contributed by atoms with Crippen molar-refractivity contribution in [1.82, 2.24) is 0 Å². The van der Waals surface area contributed by atoms with Crippen LogP contribution in [0.15, 0.2) is 47.4 Å². The number of hydrogen-bond acceptors (Lipinski definition) is 7. The molecule has 0 saturated carbocycles. The van der Waals surface area contributed by atoms with E-state index in [1.807, 2.05) is 0 Å². The van der Waals surface area contributed by atoms with E-state index in [2.05, 4.69) is 38.2 Å². The molecule has 1 aromatic rings. The second-order valence-electron chi connectivity index (χ2n) is 18.6. The van der Waals surface area contributed by atoms with Gasteiger partial charge in [-0.25, -0.2) is 18.0 Å². The van der Waals surface area contributed by atoms with Gasteiger partial charge in [0.2, 0.25) is 0 Å². The molecule has 0 aliphatic heterocycles. The van der Waals surface area contributed by atoms with Gasteiger partial charge in [-0.15, -0.1) is 0 Å². The van der Waals surface area contributed by atoms with Crippen LogP contribution in [0.25, 0.3) is 0 Å². The minimum atomic E-state index is -4.82. The van der Waals surface area contributed by atoms with Crippen molar-refractivity contribution in [2.24, 2.45) is 0 Å². The second kappa shape index (κ2) is 48.2.